The van der Waals surface area contributed by atoms with Gasteiger partial charge in [-0.2, -0.15) is 4.98 Å². The summed E-state index contributed by atoms with van der Waals surface area (Å²) in [4.78, 5) is 47.7. The fourth-order valence-corrected chi connectivity index (χ4v) is 3.85. The van der Waals surface area contributed by atoms with Crippen LogP contribution in [0.15, 0.2) is 12.1 Å². The molecule has 9 nitrogen and oxygen atoms in total. The van der Waals surface area contributed by atoms with Crippen molar-refractivity contribution in [3.63, 3.8) is 0 Å². The highest BCUT2D eigenvalue weighted by molar-refractivity contribution is 5.97. The van der Waals surface area contributed by atoms with Crippen LogP contribution in [0.3, 0.4) is 0 Å². The predicted octanol–water partition coefficient (Wildman–Crippen LogP) is 0.640. The summed E-state index contributed by atoms with van der Waals surface area (Å²) in [7, 11) is 2.94. The third-order valence-electron chi connectivity index (χ3n) is 5.24. The molecule has 0 bridgehead atoms. The lowest BCUT2D eigenvalue weighted by Crippen LogP contribution is -2.60. The van der Waals surface area contributed by atoms with Gasteiger partial charge in [-0.1, -0.05) is 13.8 Å². The van der Waals surface area contributed by atoms with E-state index in [-0.39, 0.29) is 36.1 Å². The maximum atomic E-state index is 13.1. The molecule has 1 aromatic rings. The number of hydrogen-bond donors (Lipinski definition) is 0. The van der Waals surface area contributed by atoms with E-state index in [0.717, 1.165) is 0 Å². The molecular formula is C20H28N4O5. The number of nitrogens with zero attached hydrogens (tertiary/aromatic N) is 4. The largest absolute Gasteiger partial charge is 0.481 e. The number of carbonyl (C=O) groups is 3. The van der Waals surface area contributed by atoms with Crippen LogP contribution >= 0.6 is 0 Å². The Hall–Kier alpha value is -2.84. The number of methoxy groups -OCH3 is 2. The minimum atomic E-state index is -0.510. The number of pyridine rings is 1. The number of amides is 3. The van der Waals surface area contributed by atoms with Crippen molar-refractivity contribution >= 4 is 17.7 Å². The maximum absolute atomic E-state index is 13.1. The van der Waals surface area contributed by atoms with E-state index in [1.54, 1.807) is 26.8 Å². The van der Waals surface area contributed by atoms with Gasteiger partial charge in [0.05, 0.1) is 20.8 Å². The van der Waals surface area contributed by atoms with Gasteiger partial charge in [-0.15, -0.1) is 0 Å². The van der Waals surface area contributed by atoms with Gasteiger partial charge in [0.25, 0.3) is 5.91 Å². The van der Waals surface area contributed by atoms with Crippen LogP contribution in [0, 0.1) is 5.92 Å². The van der Waals surface area contributed by atoms with Crippen molar-refractivity contribution in [2.75, 3.05) is 46.9 Å². The van der Waals surface area contributed by atoms with Crippen molar-refractivity contribution in [2.45, 2.75) is 26.3 Å². The number of piperazine rings is 1. The summed E-state index contributed by atoms with van der Waals surface area (Å²) >= 11 is 0. The monoisotopic (exact) mass is 404 g/mol. The molecule has 2 fully saturated rings. The van der Waals surface area contributed by atoms with Crippen molar-refractivity contribution in [1.29, 1.82) is 0 Å². The first-order valence-electron chi connectivity index (χ1n) is 9.82. The van der Waals surface area contributed by atoms with Crippen molar-refractivity contribution in [2.24, 2.45) is 5.92 Å². The number of ether oxygens (including phenoxy) is 2. The average molecular weight is 404 g/mol. The Labute approximate surface area is 170 Å². The van der Waals surface area contributed by atoms with Gasteiger partial charge >= 0.3 is 0 Å². The van der Waals surface area contributed by atoms with E-state index in [0.29, 0.717) is 44.0 Å². The lowest BCUT2D eigenvalue weighted by atomic mass is 10.1. The van der Waals surface area contributed by atoms with Gasteiger partial charge in [0, 0.05) is 32.2 Å². The van der Waals surface area contributed by atoms with Crippen LogP contribution < -0.4 is 9.47 Å². The number of carbonyl (C=O) groups excluding carboxylic acids is 3. The molecule has 2 aliphatic heterocycles. The molecule has 2 aliphatic rings. The average Bonchev–Trinajstić information content (AvgIpc) is 2.94. The molecule has 158 valence electrons. The Morgan fingerprint density at radius 3 is 2.59 bits per heavy atom. The summed E-state index contributed by atoms with van der Waals surface area (Å²) in [6.07, 6.45) is 0.413. The van der Waals surface area contributed by atoms with Crippen molar-refractivity contribution < 1.29 is 23.9 Å². The SMILES string of the molecule is COc1ccc(C(=O)N2CCC3C(=O)N(CC(C)C)CC(=O)N3CC2)c(OC)n1. The van der Waals surface area contributed by atoms with E-state index in [4.69, 9.17) is 9.47 Å². The van der Waals surface area contributed by atoms with Crippen molar-refractivity contribution in [3.05, 3.63) is 17.7 Å². The van der Waals surface area contributed by atoms with Gasteiger partial charge in [0.15, 0.2) is 0 Å². The van der Waals surface area contributed by atoms with Gasteiger partial charge in [0.1, 0.15) is 11.6 Å². The van der Waals surface area contributed by atoms with E-state index in [1.807, 2.05) is 13.8 Å². The molecule has 0 radical (unpaired) electrons. The smallest absolute Gasteiger partial charge is 0.259 e. The number of fused-ring (bicyclic) bond motifs is 1. The first-order chi connectivity index (χ1) is 13.8. The summed E-state index contributed by atoms with van der Waals surface area (Å²) in [6, 6.07) is 2.71. The van der Waals surface area contributed by atoms with Gasteiger partial charge in [0.2, 0.25) is 23.6 Å². The Balaban J connectivity index is 1.77. The Morgan fingerprint density at radius 2 is 1.93 bits per heavy atom. The summed E-state index contributed by atoms with van der Waals surface area (Å²) < 4.78 is 10.3. The summed E-state index contributed by atoms with van der Waals surface area (Å²) in [5, 5.41) is 0. The first-order valence-corrected chi connectivity index (χ1v) is 9.82. The summed E-state index contributed by atoms with van der Waals surface area (Å²) in [5.41, 5.74) is 0.326. The summed E-state index contributed by atoms with van der Waals surface area (Å²) in [6.45, 7) is 5.78. The van der Waals surface area contributed by atoms with Gasteiger partial charge in [-0.25, -0.2) is 0 Å². The number of hydrogen-bond acceptors (Lipinski definition) is 6. The van der Waals surface area contributed by atoms with Crippen LogP contribution in [0.2, 0.25) is 0 Å². The maximum Gasteiger partial charge on any atom is 0.259 e. The second-order valence-corrected chi connectivity index (χ2v) is 7.71. The predicted molar refractivity (Wildman–Crippen MR) is 105 cm³/mol. The quantitative estimate of drug-likeness (QED) is 0.715. The molecule has 0 N–H and O–H groups in total. The zero-order valence-electron chi connectivity index (χ0n) is 17.4. The molecule has 2 saturated heterocycles. The second-order valence-electron chi connectivity index (χ2n) is 7.71. The standard InChI is InChI=1S/C20H28N4O5/c1-13(2)11-23-12-17(25)24-10-9-22(8-7-15(24)20(23)27)19(26)14-5-6-16(28-3)21-18(14)29-4/h5-6,13,15H,7-12H2,1-4H3. The molecule has 29 heavy (non-hydrogen) atoms. The van der Waals surface area contributed by atoms with E-state index in [9.17, 15) is 14.4 Å². The minimum absolute atomic E-state index is 0.0312. The molecule has 0 aliphatic carbocycles. The van der Waals surface area contributed by atoms with Crippen LogP contribution in [-0.2, 0) is 9.59 Å². The normalized spacial score (nSPS) is 19.9. The van der Waals surface area contributed by atoms with Gasteiger partial charge < -0.3 is 24.2 Å². The molecule has 3 amide bonds. The molecule has 1 unspecified atom stereocenters. The Bertz CT molecular complexity index is 797. The van der Waals surface area contributed by atoms with Crippen molar-refractivity contribution in [1.82, 2.24) is 19.7 Å². The fraction of sp³-hybridized carbons (Fsp3) is 0.600. The van der Waals surface area contributed by atoms with Gasteiger partial charge in [-0.3, -0.25) is 14.4 Å². The minimum Gasteiger partial charge on any atom is -0.481 e. The van der Waals surface area contributed by atoms with Crippen LogP contribution in [-0.4, -0.2) is 90.4 Å². The van der Waals surface area contributed by atoms with Crippen LogP contribution in [0.1, 0.15) is 30.6 Å². The van der Waals surface area contributed by atoms with Crippen LogP contribution in [0.5, 0.6) is 11.8 Å². The first kappa shape index (κ1) is 20.9. The second kappa shape index (κ2) is 8.67. The fourth-order valence-electron chi connectivity index (χ4n) is 3.85. The molecule has 9 heteroatoms. The molecule has 0 aromatic carbocycles. The highest BCUT2D eigenvalue weighted by Crippen LogP contribution is 2.24. The lowest BCUT2D eigenvalue weighted by molar-refractivity contribution is -0.156. The highest BCUT2D eigenvalue weighted by atomic mass is 16.5. The topological polar surface area (TPSA) is 92.3 Å². The Kier molecular flexibility index (Phi) is 6.24. The molecule has 0 saturated carbocycles. The zero-order valence-corrected chi connectivity index (χ0v) is 17.4. The third kappa shape index (κ3) is 4.28. The molecule has 1 atom stereocenters. The van der Waals surface area contributed by atoms with Gasteiger partial charge in [-0.05, 0) is 18.4 Å². The van der Waals surface area contributed by atoms with E-state index < -0.39 is 6.04 Å². The number of aromatic nitrogens is 1. The van der Waals surface area contributed by atoms with Crippen LogP contribution in [0.4, 0.5) is 0 Å². The van der Waals surface area contributed by atoms with E-state index in [2.05, 4.69) is 4.98 Å². The highest BCUT2D eigenvalue weighted by Gasteiger charge is 2.41. The molecular weight excluding hydrogens is 376 g/mol. The number of rotatable bonds is 5. The molecule has 3 heterocycles. The van der Waals surface area contributed by atoms with Crippen molar-refractivity contribution in [3.8, 4) is 11.8 Å². The molecule has 0 spiro atoms. The lowest BCUT2D eigenvalue weighted by Gasteiger charge is -2.39. The Morgan fingerprint density at radius 1 is 1.17 bits per heavy atom. The molecule has 3 rings (SSSR count). The van der Waals surface area contributed by atoms with Crippen LogP contribution in [0.25, 0.3) is 0 Å². The summed E-state index contributed by atoms with van der Waals surface area (Å²) in [5.74, 6) is 0.497. The third-order valence-corrected chi connectivity index (χ3v) is 5.24. The molecule has 1 aromatic heterocycles. The zero-order chi connectivity index (χ0) is 21.1. The van der Waals surface area contributed by atoms with E-state index >= 15 is 0 Å². The van der Waals surface area contributed by atoms with E-state index in [1.165, 1.54) is 14.2 Å².